The van der Waals surface area contributed by atoms with E-state index < -0.39 is 0 Å². The lowest BCUT2D eigenvalue weighted by Gasteiger charge is -2.30. The number of fused-ring (bicyclic) bond motifs is 3. The van der Waals surface area contributed by atoms with Crippen LogP contribution in [0.25, 0.3) is 0 Å². The molecule has 24 heavy (non-hydrogen) atoms. The van der Waals surface area contributed by atoms with Gasteiger partial charge < -0.3 is 9.47 Å². The summed E-state index contributed by atoms with van der Waals surface area (Å²) in [5.41, 5.74) is 6.44. The van der Waals surface area contributed by atoms with Crippen LogP contribution in [0.3, 0.4) is 0 Å². The van der Waals surface area contributed by atoms with Gasteiger partial charge in [-0.15, -0.1) is 0 Å². The molecule has 0 bridgehead atoms. The molecule has 1 aromatic heterocycles. The Hall–Kier alpha value is -1.55. The Balaban J connectivity index is 1.59. The largest absolute Gasteiger partial charge is 0.339 e. The van der Waals surface area contributed by atoms with E-state index in [4.69, 9.17) is 0 Å². The highest BCUT2D eigenvalue weighted by molar-refractivity contribution is 9.10. The minimum absolute atomic E-state index is 0.177. The fourth-order valence-electron chi connectivity index (χ4n) is 4.15. The van der Waals surface area contributed by atoms with Crippen LogP contribution < -0.4 is 0 Å². The maximum atomic E-state index is 13.0. The maximum absolute atomic E-state index is 13.0. The summed E-state index contributed by atoms with van der Waals surface area (Å²) in [6, 6.07) is 8.43. The molecule has 126 valence electrons. The summed E-state index contributed by atoms with van der Waals surface area (Å²) in [5.74, 6) is 0.177. The number of carbonyl (C=O) groups is 1. The lowest BCUT2D eigenvalue weighted by molar-refractivity contribution is 0.0688. The molecular formula is C20H23BrN2O. The third kappa shape index (κ3) is 2.61. The highest BCUT2D eigenvalue weighted by Crippen LogP contribution is 2.39. The Kier molecular flexibility index (Phi) is 3.64. The summed E-state index contributed by atoms with van der Waals surface area (Å²) < 4.78 is 3.36. The predicted molar refractivity (Wildman–Crippen MR) is 99.2 cm³/mol. The van der Waals surface area contributed by atoms with Crippen molar-refractivity contribution in [2.24, 2.45) is 5.41 Å². The molecule has 4 heteroatoms. The van der Waals surface area contributed by atoms with Crippen molar-refractivity contribution in [2.75, 3.05) is 6.54 Å². The molecule has 0 spiro atoms. The summed E-state index contributed by atoms with van der Waals surface area (Å²) in [7, 11) is 0. The molecule has 0 saturated carbocycles. The van der Waals surface area contributed by atoms with Crippen molar-refractivity contribution in [3.63, 3.8) is 0 Å². The first-order valence-electron chi connectivity index (χ1n) is 8.60. The van der Waals surface area contributed by atoms with Crippen molar-refractivity contribution in [3.05, 3.63) is 56.8 Å². The first kappa shape index (κ1) is 15.9. The number of amides is 1. The van der Waals surface area contributed by atoms with E-state index in [1.807, 2.05) is 4.90 Å². The monoisotopic (exact) mass is 386 g/mol. The van der Waals surface area contributed by atoms with Gasteiger partial charge in [-0.1, -0.05) is 35.8 Å². The van der Waals surface area contributed by atoms with Gasteiger partial charge in [-0.25, -0.2) is 0 Å². The smallest absolute Gasteiger partial charge is 0.270 e. The SMILES string of the molecule is Cc1cc(Br)ccc1CN1CCn2c(cc3c2CC(C)(C)C3)C1=O. The zero-order chi connectivity index (χ0) is 17.1. The number of benzene rings is 1. The topological polar surface area (TPSA) is 25.2 Å². The Morgan fingerprint density at radius 1 is 1.17 bits per heavy atom. The zero-order valence-electron chi connectivity index (χ0n) is 14.5. The number of aromatic nitrogens is 1. The molecule has 2 aliphatic rings. The van der Waals surface area contributed by atoms with Crippen LogP contribution >= 0.6 is 15.9 Å². The van der Waals surface area contributed by atoms with E-state index in [0.717, 1.165) is 36.1 Å². The molecule has 1 aliphatic carbocycles. The van der Waals surface area contributed by atoms with Crippen molar-refractivity contribution in [3.8, 4) is 0 Å². The van der Waals surface area contributed by atoms with Crippen molar-refractivity contribution in [1.29, 1.82) is 0 Å². The molecule has 2 aromatic rings. The molecule has 0 unspecified atom stereocenters. The summed E-state index contributed by atoms with van der Waals surface area (Å²) in [4.78, 5) is 15.0. The number of nitrogens with zero attached hydrogens (tertiary/aromatic N) is 2. The number of halogens is 1. The number of hydrogen-bond donors (Lipinski definition) is 0. The van der Waals surface area contributed by atoms with Gasteiger partial charge in [0.25, 0.3) is 5.91 Å². The van der Waals surface area contributed by atoms with Crippen LogP contribution in [0.4, 0.5) is 0 Å². The third-order valence-corrected chi connectivity index (χ3v) is 5.87. The fourth-order valence-corrected chi connectivity index (χ4v) is 4.62. The van der Waals surface area contributed by atoms with Crippen LogP contribution in [0, 0.1) is 12.3 Å². The van der Waals surface area contributed by atoms with Gasteiger partial charge in [0.05, 0.1) is 0 Å². The summed E-state index contributed by atoms with van der Waals surface area (Å²) in [6.45, 7) is 9.14. The van der Waals surface area contributed by atoms with E-state index in [0.29, 0.717) is 12.0 Å². The Bertz CT molecular complexity index is 834. The molecule has 1 aliphatic heterocycles. The number of carbonyl (C=O) groups excluding carboxylic acids is 1. The molecule has 3 nitrogen and oxygen atoms in total. The second-order valence-corrected chi connectivity index (χ2v) is 8.88. The molecule has 4 rings (SSSR count). The Morgan fingerprint density at radius 3 is 2.71 bits per heavy atom. The standard InChI is InChI=1S/C20H23BrN2O/c1-13-8-16(21)5-4-14(13)12-22-6-7-23-17(19(22)24)9-15-10-20(2,3)11-18(15)23/h4-5,8-9H,6-7,10-12H2,1-3H3. The third-order valence-electron chi connectivity index (χ3n) is 5.38. The molecule has 0 saturated heterocycles. The molecule has 1 amide bonds. The van der Waals surface area contributed by atoms with Crippen molar-refractivity contribution < 1.29 is 4.79 Å². The van der Waals surface area contributed by atoms with E-state index in [1.165, 1.54) is 22.4 Å². The van der Waals surface area contributed by atoms with Crippen LogP contribution in [0.2, 0.25) is 0 Å². The highest BCUT2D eigenvalue weighted by Gasteiger charge is 2.36. The van der Waals surface area contributed by atoms with E-state index in [1.54, 1.807) is 0 Å². The van der Waals surface area contributed by atoms with Crippen molar-refractivity contribution >= 4 is 21.8 Å². The number of rotatable bonds is 2. The molecule has 0 N–H and O–H groups in total. The molecule has 0 atom stereocenters. The summed E-state index contributed by atoms with van der Waals surface area (Å²) >= 11 is 3.51. The lowest BCUT2D eigenvalue weighted by Crippen LogP contribution is -2.40. The minimum Gasteiger partial charge on any atom is -0.339 e. The number of aryl methyl sites for hydroxylation is 1. The van der Waals surface area contributed by atoms with Gasteiger partial charge in [0.1, 0.15) is 5.69 Å². The Labute approximate surface area is 151 Å². The second kappa shape index (κ2) is 5.48. The van der Waals surface area contributed by atoms with Crippen molar-refractivity contribution in [2.45, 2.75) is 46.7 Å². The van der Waals surface area contributed by atoms with Gasteiger partial charge in [-0.05, 0) is 60.1 Å². The van der Waals surface area contributed by atoms with Gasteiger partial charge in [0.15, 0.2) is 0 Å². The molecule has 2 heterocycles. The van der Waals surface area contributed by atoms with Crippen LogP contribution in [0.5, 0.6) is 0 Å². The normalized spacial score (nSPS) is 18.7. The van der Waals surface area contributed by atoms with Gasteiger partial charge >= 0.3 is 0 Å². The van der Waals surface area contributed by atoms with Crippen LogP contribution in [-0.2, 0) is 25.9 Å². The van der Waals surface area contributed by atoms with E-state index in [2.05, 4.69) is 65.5 Å². The van der Waals surface area contributed by atoms with Crippen LogP contribution in [-0.4, -0.2) is 21.9 Å². The fraction of sp³-hybridized carbons (Fsp3) is 0.450. The van der Waals surface area contributed by atoms with Crippen LogP contribution in [0.1, 0.15) is 46.7 Å². The summed E-state index contributed by atoms with van der Waals surface area (Å²) in [5, 5.41) is 0. The van der Waals surface area contributed by atoms with Crippen LogP contribution in [0.15, 0.2) is 28.7 Å². The average molecular weight is 387 g/mol. The molecule has 0 radical (unpaired) electrons. The van der Waals surface area contributed by atoms with Gasteiger partial charge in [-0.3, -0.25) is 4.79 Å². The lowest BCUT2D eigenvalue weighted by atomic mass is 9.90. The van der Waals surface area contributed by atoms with Crippen molar-refractivity contribution in [1.82, 2.24) is 9.47 Å². The molecule has 0 fully saturated rings. The quantitative estimate of drug-likeness (QED) is 0.753. The first-order chi connectivity index (χ1) is 11.3. The van der Waals surface area contributed by atoms with Gasteiger partial charge in [-0.2, -0.15) is 0 Å². The average Bonchev–Trinajstić information content (AvgIpc) is 2.97. The number of hydrogen-bond acceptors (Lipinski definition) is 1. The summed E-state index contributed by atoms with van der Waals surface area (Å²) in [6.07, 6.45) is 2.17. The molecule has 1 aromatic carbocycles. The van der Waals surface area contributed by atoms with E-state index in [9.17, 15) is 4.79 Å². The molecular weight excluding hydrogens is 364 g/mol. The predicted octanol–water partition coefficient (Wildman–Crippen LogP) is 4.34. The maximum Gasteiger partial charge on any atom is 0.270 e. The second-order valence-electron chi connectivity index (χ2n) is 7.97. The zero-order valence-corrected chi connectivity index (χ0v) is 16.1. The highest BCUT2D eigenvalue weighted by atomic mass is 79.9. The first-order valence-corrected chi connectivity index (χ1v) is 9.39. The van der Waals surface area contributed by atoms with Gasteiger partial charge in [0, 0.05) is 29.8 Å². The Morgan fingerprint density at radius 2 is 1.96 bits per heavy atom. The van der Waals surface area contributed by atoms with E-state index >= 15 is 0 Å². The van der Waals surface area contributed by atoms with E-state index in [-0.39, 0.29) is 5.91 Å². The van der Waals surface area contributed by atoms with Gasteiger partial charge in [0.2, 0.25) is 0 Å². The minimum atomic E-state index is 0.177.